The molecule has 0 bridgehead atoms. The number of hydrogen-bond acceptors (Lipinski definition) is 4. The van der Waals surface area contributed by atoms with E-state index >= 15 is 0 Å². The molecule has 1 heterocycles. The van der Waals surface area contributed by atoms with Gasteiger partial charge in [-0.3, -0.25) is 0 Å². The van der Waals surface area contributed by atoms with Gasteiger partial charge >= 0.3 is 0 Å². The van der Waals surface area contributed by atoms with Crippen molar-refractivity contribution in [1.29, 1.82) is 0 Å². The van der Waals surface area contributed by atoms with Crippen LogP contribution in [0.1, 0.15) is 31.9 Å². The Hall–Kier alpha value is -1.42. The van der Waals surface area contributed by atoms with E-state index in [1.807, 2.05) is 6.07 Å². The molecule has 2 aromatic rings. The largest absolute Gasteiger partial charge is 0.368 e. The summed E-state index contributed by atoms with van der Waals surface area (Å²) in [6, 6.07) is 10.9. The Kier molecular flexibility index (Phi) is 4.09. The molecule has 1 aromatic carbocycles. The van der Waals surface area contributed by atoms with Crippen LogP contribution in [0.3, 0.4) is 0 Å². The Labute approximate surface area is 106 Å². The highest BCUT2D eigenvalue weighted by Crippen LogP contribution is 2.26. The Morgan fingerprint density at radius 2 is 2.00 bits per heavy atom. The molecule has 0 aliphatic heterocycles. The average Bonchev–Trinajstić information content (AvgIpc) is 2.82. The summed E-state index contributed by atoms with van der Waals surface area (Å²) in [4.78, 5) is 0. The molecule has 0 fully saturated rings. The maximum Gasteiger partial charge on any atom is 0.130 e. The van der Waals surface area contributed by atoms with Crippen molar-refractivity contribution in [2.75, 3.05) is 5.32 Å². The van der Waals surface area contributed by atoms with E-state index in [1.54, 1.807) is 6.20 Å². The van der Waals surface area contributed by atoms with Crippen molar-refractivity contribution in [3.05, 3.63) is 42.1 Å². The van der Waals surface area contributed by atoms with E-state index in [0.717, 1.165) is 11.4 Å². The zero-order valence-corrected chi connectivity index (χ0v) is 10.9. The summed E-state index contributed by atoms with van der Waals surface area (Å²) in [7, 11) is 0. The fourth-order valence-electron chi connectivity index (χ4n) is 1.84. The van der Waals surface area contributed by atoms with Crippen LogP contribution < -0.4 is 5.32 Å². The topological polar surface area (TPSA) is 37.8 Å². The van der Waals surface area contributed by atoms with Crippen molar-refractivity contribution in [3.63, 3.8) is 0 Å². The van der Waals surface area contributed by atoms with E-state index in [9.17, 15) is 0 Å². The highest BCUT2D eigenvalue weighted by molar-refractivity contribution is 7.09. The number of rotatable bonds is 5. The minimum atomic E-state index is 0.332. The molecule has 4 heteroatoms. The first-order chi connectivity index (χ1) is 8.25. The van der Waals surface area contributed by atoms with Gasteiger partial charge in [0.1, 0.15) is 5.00 Å². The predicted octanol–water partition coefficient (Wildman–Crippen LogP) is 3.74. The van der Waals surface area contributed by atoms with Crippen molar-refractivity contribution in [1.82, 2.24) is 9.59 Å². The molecule has 1 atom stereocenters. The molecule has 0 saturated heterocycles. The zero-order chi connectivity index (χ0) is 12.1. The SMILES string of the molecule is CC(C)CC(Nc1cnns1)c1ccccc1. The zero-order valence-electron chi connectivity index (χ0n) is 10.1. The first kappa shape index (κ1) is 12.0. The lowest BCUT2D eigenvalue weighted by Gasteiger charge is -2.20. The number of nitrogens with zero attached hydrogens (tertiary/aromatic N) is 2. The van der Waals surface area contributed by atoms with Crippen molar-refractivity contribution in [2.24, 2.45) is 5.92 Å². The lowest BCUT2D eigenvalue weighted by Crippen LogP contribution is -2.12. The smallest absolute Gasteiger partial charge is 0.130 e. The van der Waals surface area contributed by atoms with Crippen molar-refractivity contribution < 1.29 is 0 Å². The molecule has 2 rings (SSSR count). The second-order valence-corrected chi connectivity index (χ2v) is 5.30. The molecule has 90 valence electrons. The summed E-state index contributed by atoms with van der Waals surface area (Å²) in [5, 5.41) is 8.38. The number of benzene rings is 1. The maximum atomic E-state index is 3.88. The molecular formula is C13H17N3S. The van der Waals surface area contributed by atoms with Gasteiger partial charge in [-0.2, -0.15) is 0 Å². The third-order valence-electron chi connectivity index (χ3n) is 2.59. The first-order valence-electron chi connectivity index (χ1n) is 5.84. The van der Waals surface area contributed by atoms with E-state index in [-0.39, 0.29) is 0 Å². The first-order valence-corrected chi connectivity index (χ1v) is 6.62. The van der Waals surface area contributed by atoms with Gasteiger partial charge in [0.15, 0.2) is 0 Å². The van der Waals surface area contributed by atoms with E-state index in [4.69, 9.17) is 0 Å². The normalized spacial score (nSPS) is 12.6. The Morgan fingerprint density at radius 1 is 1.24 bits per heavy atom. The third kappa shape index (κ3) is 3.53. The standard InChI is InChI=1S/C13H17N3S/c1-10(2)8-12(11-6-4-3-5-7-11)15-13-9-14-16-17-13/h3-7,9-10,12,15H,8H2,1-2H3. The Bertz CT molecular complexity index is 425. The van der Waals surface area contributed by atoms with Crippen LogP contribution in [0.5, 0.6) is 0 Å². The summed E-state index contributed by atoms with van der Waals surface area (Å²) in [5.74, 6) is 0.647. The minimum Gasteiger partial charge on any atom is -0.368 e. The van der Waals surface area contributed by atoms with Crippen molar-refractivity contribution >= 4 is 16.5 Å². The fourth-order valence-corrected chi connectivity index (χ4v) is 2.31. The molecule has 1 aromatic heterocycles. The van der Waals surface area contributed by atoms with Gasteiger partial charge in [-0.05, 0) is 17.9 Å². The molecule has 0 aliphatic carbocycles. The van der Waals surface area contributed by atoms with Gasteiger partial charge in [0.2, 0.25) is 0 Å². The van der Waals surface area contributed by atoms with Crippen LogP contribution in [0.2, 0.25) is 0 Å². The molecule has 0 radical (unpaired) electrons. The van der Waals surface area contributed by atoms with E-state index in [0.29, 0.717) is 12.0 Å². The second kappa shape index (κ2) is 5.77. The Balaban J connectivity index is 2.14. The maximum absolute atomic E-state index is 3.88. The molecule has 0 amide bonds. The summed E-state index contributed by atoms with van der Waals surface area (Å²) < 4.78 is 3.88. The summed E-state index contributed by atoms with van der Waals surface area (Å²) >= 11 is 1.40. The van der Waals surface area contributed by atoms with Crippen LogP contribution in [0.4, 0.5) is 5.00 Å². The monoisotopic (exact) mass is 247 g/mol. The number of nitrogens with one attached hydrogen (secondary N) is 1. The van der Waals surface area contributed by atoms with Crippen LogP contribution >= 0.6 is 11.5 Å². The third-order valence-corrected chi connectivity index (χ3v) is 3.18. The lowest BCUT2D eigenvalue weighted by atomic mass is 9.97. The minimum absolute atomic E-state index is 0.332. The molecule has 17 heavy (non-hydrogen) atoms. The van der Waals surface area contributed by atoms with Crippen LogP contribution in [-0.2, 0) is 0 Å². The van der Waals surface area contributed by atoms with Crippen molar-refractivity contribution in [3.8, 4) is 0 Å². The second-order valence-electron chi connectivity index (χ2n) is 4.52. The number of anilines is 1. The molecule has 0 aliphatic rings. The van der Waals surface area contributed by atoms with Crippen LogP contribution in [-0.4, -0.2) is 9.59 Å². The highest BCUT2D eigenvalue weighted by Gasteiger charge is 2.13. The average molecular weight is 247 g/mol. The van der Waals surface area contributed by atoms with Crippen LogP contribution in [0, 0.1) is 5.92 Å². The molecule has 0 saturated carbocycles. The molecule has 3 nitrogen and oxygen atoms in total. The van der Waals surface area contributed by atoms with E-state index in [2.05, 4.69) is 53.0 Å². The molecular weight excluding hydrogens is 230 g/mol. The van der Waals surface area contributed by atoms with Gasteiger partial charge in [0.05, 0.1) is 12.2 Å². The fraction of sp³-hybridized carbons (Fsp3) is 0.385. The van der Waals surface area contributed by atoms with Gasteiger partial charge in [0, 0.05) is 11.5 Å². The lowest BCUT2D eigenvalue weighted by molar-refractivity contribution is 0.531. The summed E-state index contributed by atoms with van der Waals surface area (Å²) in [5.41, 5.74) is 1.31. The number of aromatic nitrogens is 2. The summed E-state index contributed by atoms with van der Waals surface area (Å²) in [6.07, 6.45) is 2.88. The van der Waals surface area contributed by atoms with Gasteiger partial charge < -0.3 is 5.32 Å². The van der Waals surface area contributed by atoms with E-state index < -0.39 is 0 Å². The molecule has 1 N–H and O–H groups in total. The van der Waals surface area contributed by atoms with Crippen molar-refractivity contribution in [2.45, 2.75) is 26.3 Å². The Morgan fingerprint density at radius 3 is 2.59 bits per heavy atom. The summed E-state index contributed by atoms with van der Waals surface area (Å²) in [6.45, 7) is 4.48. The number of hydrogen-bond donors (Lipinski definition) is 1. The van der Waals surface area contributed by atoms with Gasteiger partial charge in [-0.25, -0.2) is 0 Å². The quantitative estimate of drug-likeness (QED) is 0.874. The van der Waals surface area contributed by atoms with Crippen LogP contribution in [0.15, 0.2) is 36.5 Å². The molecule has 1 unspecified atom stereocenters. The predicted molar refractivity (Wildman–Crippen MR) is 72.2 cm³/mol. The van der Waals surface area contributed by atoms with Crippen LogP contribution in [0.25, 0.3) is 0 Å². The highest BCUT2D eigenvalue weighted by atomic mass is 32.1. The van der Waals surface area contributed by atoms with E-state index in [1.165, 1.54) is 17.1 Å². The molecule has 0 spiro atoms. The van der Waals surface area contributed by atoms with Gasteiger partial charge in [-0.1, -0.05) is 48.7 Å². The van der Waals surface area contributed by atoms with Gasteiger partial charge in [0.25, 0.3) is 0 Å². The van der Waals surface area contributed by atoms with Gasteiger partial charge in [-0.15, -0.1) is 5.10 Å².